The second kappa shape index (κ2) is 4.55. The van der Waals surface area contributed by atoms with Gasteiger partial charge in [-0.05, 0) is 17.7 Å². The summed E-state index contributed by atoms with van der Waals surface area (Å²) in [7, 11) is 1.54. The van der Waals surface area contributed by atoms with Gasteiger partial charge in [-0.1, -0.05) is 12.1 Å². The number of alkyl halides is 3. The molecule has 0 radical (unpaired) electrons. The zero-order valence-electron chi connectivity index (χ0n) is 9.01. The van der Waals surface area contributed by atoms with Gasteiger partial charge in [0.1, 0.15) is 0 Å². The van der Waals surface area contributed by atoms with Crippen LogP contribution in [0.15, 0.2) is 24.3 Å². The van der Waals surface area contributed by atoms with Crippen LogP contribution in [0.3, 0.4) is 0 Å². The van der Waals surface area contributed by atoms with Crippen LogP contribution in [0.25, 0.3) is 0 Å². The first-order chi connectivity index (χ1) is 7.30. The number of hydrogen-bond donors (Lipinski definition) is 0. The lowest BCUT2D eigenvalue weighted by atomic mass is 10.1. The fourth-order valence-corrected chi connectivity index (χ4v) is 1.23. The van der Waals surface area contributed by atoms with Crippen molar-refractivity contribution in [1.29, 1.82) is 0 Å². The first-order valence-corrected chi connectivity index (χ1v) is 4.68. The van der Waals surface area contributed by atoms with Crippen LogP contribution in [0.2, 0.25) is 0 Å². The highest BCUT2D eigenvalue weighted by molar-refractivity contribution is 5.72. The minimum Gasteiger partial charge on any atom is -0.342 e. The van der Waals surface area contributed by atoms with Gasteiger partial charge in [0.15, 0.2) is 0 Å². The highest BCUT2D eigenvalue weighted by atomic mass is 19.4. The van der Waals surface area contributed by atoms with Gasteiger partial charge >= 0.3 is 6.18 Å². The quantitative estimate of drug-likeness (QED) is 0.766. The number of carbonyl (C=O) groups is 1. The molecular weight excluding hydrogens is 219 g/mol. The Morgan fingerprint density at radius 3 is 2.50 bits per heavy atom. The number of nitrogens with zero attached hydrogens (tertiary/aromatic N) is 1. The Morgan fingerprint density at radius 1 is 1.38 bits per heavy atom. The molecule has 0 saturated heterocycles. The lowest BCUT2D eigenvalue weighted by Gasteiger charge is -2.15. The molecule has 88 valence electrons. The topological polar surface area (TPSA) is 20.3 Å². The van der Waals surface area contributed by atoms with E-state index in [4.69, 9.17) is 0 Å². The van der Waals surface area contributed by atoms with Crippen molar-refractivity contribution >= 4 is 5.91 Å². The minimum atomic E-state index is -4.34. The van der Waals surface area contributed by atoms with Crippen LogP contribution in [0.5, 0.6) is 0 Å². The molecule has 0 bridgehead atoms. The fourth-order valence-electron chi connectivity index (χ4n) is 1.23. The van der Waals surface area contributed by atoms with Crippen LogP contribution < -0.4 is 0 Å². The molecule has 0 atom stereocenters. The Kier molecular flexibility index (Phi) is 3.57. The number of hydrogen-bond acceptors (Lipinski definition) is 1. The summed E-state index contributed by atoms with van der Waals surface area (Å²) < 4.78 is 37.2. The van der Waals surface area contributed by atoms with Gasteiger partial charge in [-0.25, -0.2) is 0 Å². The molecule has 0 saturated carbocycles. The molecule has 0 aliphatic carbocycles. The molecule has 1 rings (SSSR count). The summed E-state index contributed by atoms with van der Waals surface area (Å²) in [5.74, 6) is -0.183. The van der Waals surface area contributed by atoms with E-state index in [9.17, 15) is 18.0 Å². The van der Waals surface area contributed by atoms with Crippen molar-refractivity contribution in [2.75, 3.05) is 7.05 Å². The molecule has 0 aromatic heterocycles. The highest BCUT2D eigenvalue weighted by Gasteiger charge is 2.30. The van der Waals surface area contributed by atoms with E-state index in [0.29, 0.717) is 5.56 Å². The summed E-state index contributed by atoms with van der Waals surface area (Å²) in [5, 5.41) is 0. The van der Waals surface area contributed by atoms with Crippen molar-refractivity contribution in [1.82, 2.24) is 4.90 Å². The van der Waals surface area contributed by atoms with Gasteiger partial charge < -0.3 is 4.90 Å². The average molecular weight is 231 g/mol. The number of halogens is 3. The van der Waals surface area contributed by atoms with E-state index < -0.39 is 11.7 Å². The van der Waals surface area contributed by atoms with E-state index in [1.807, 2.05) is 0 Å². The largest absolute Gasteiger partial charge is 0.416 e. The molecule has 1 aromatic carbocycles. The van der Waals surface area contributed by atoms with Crippen molar-refractivity contribution in [3.05, 3.63) is 35.4 Å². The van der Waals surface area contributed by atoms with E-state index in [0.717, 1.165) is 12.1 Å². The Morgan fingerprint density at radius 2 is 2.00 bits per heavy atom. The smallest absolute Gasteiger partial charge is 0.342 e. The molecule has 0 aliphatic heterocycles. The van der Waals surface area contributed by atoms with E-state index in [1.165, 1.54) is 17.9 Å². The van der Waals surface area contributed by atoms with Gasteiger partial charge in [-0.15, -0.1) is 0 Å². The van der Waals surface area contributed by atoms with Crippen molar-refractivity contribution in [3.8, 4) is 0 Å². The third kappa shape index (κ3) is 3.25. The van der Waals surface area contributed by atoms with Gasteiger partial charge in [-0.3, -0.25) is 4.79 Å². The maximum atomic E-state index is 12.4. The molecule has 0 fully saturated rings. The molecule has 0 heterocycles. The molecule has 2 nitrogen and oxygen atoms in total. The molecule has 16 heavy (non-hydrogen) atoms. The van der Waals surface area contributed by atoms with Crippen LogP contribution in [0.4, 0.5) is 13.2 Å². The summed E-state index contributed by atoms with van der Waals surface area (Å²) >= 11 is 0. The molecule has 0 aliphatic rings. The molecule has 0 spiro atoms. The summed E-state index contributed by atoms with van der Waals surface area (Å²) in [6, 6.07) is 4.97. The maximum Gasteiger partial charge on any atom is 0.416 e. The van der Waals surface area contributed by atoms with Gasteiger partial charge in [0.2, 0.25) is 5.91 Å². The molecule has 5 heteroatoms. The van der Waals surface area contributed by atoms with Crippen LogP contribution in [0.1, 0.15) is 18.1 Å². The number of amides is 1. The summed E-state index contributed by atoms with van der Waals surface area (Å²) in [6.45, 7) is 1.55. The minimum absolute atomic E-state index is 0.180. The van der Waals surface area contributed by atoms with Crippen molar-refractivity contribution in [2.45, 2.75) is 19.6 Å². The van der Waals surface area contributed by atoms with Crippen molar-refractivity contribution in [3.63, 3.8) is 0 Å². The zero-order valence-corrected chi connectivity index (χ0v) is 9.01. The Hall–Kier alpha value is -1.52. The Labute approximate surface area is 91.7 Å². The average Bonchev–Trinajstić information content (AvgIpc) is 2.16. The van der Waals surface area contributed by atoms with Crippen LogP contribution in [-0.2, 0) is 17.5 Å². The highest BCUT2D eigenvalue weighted by Crippen LogP contribution is 2.29. The Balaban J connectivity index is 2.87. The van der Waals surface area contributed by atoms with Crippen molar-refractivity contribution < 1.29 is 18.0 Å². The van der Waals surface area contributed by atoms with Crippen molar-refractivity contribution in [2.24, 2.45) is 0 Å². The summed E-state index contributed by atoms with van der Waals surface area (Å²) in [4.78, 5) is 12.3. The number of rotatable bonds is 2. The maximum absolute atomic E-state index is 12.4. The third-order valence-corrected chi connectivity index (χ3v) is 2.21. The number of benzene rings is 1. The summed E-state index contributed by atoms with van der Waals surface area (Å²) in [5.41, 5.74) is -0.227. The fraction of sp³-hybridized carbons (Fsp3) is 0.364. The summed E-state index contributed by atoms with van der Waals surface area (Å²) in [6.07, 6.45) is -4.34. The van der Waals surface area contributed by atoms with Gasteiger partial charge in [0.05, 0.1) is 5.56 Å². The van der Waals surface area contributed by atoms with Crippen LogP contribution >= 0.6 is 0 Å². The third-order valence-electron chi connectivity index (χ3n) is 2.21. The van der Waals surface area contributed by atoms with Gasteiger partial charge in [-0.2, -0.15) is 13.2 Å². The SMILES string of the molecule is CC(=O)N(C)Cc1cccc(C(F)(F)F)c1. The second-order valence-electron chi connectivity index (χ2n) is 3.57. The molecule has 0 unspecified atom stereocenters. The molecular formula is C11H12F3NO. The lowest BCUT2D eigenvalue weighted by molar-refractivity contribution is -0.137. The zero-order chi connectivity index (χ0) is 12.3. The van der Waals surface area contributed by atoms with Gasteiger partial charge in [0, 0.05) is 20.5 Å². The van der Waals surface area contributed by atoms with Crippen LogP contribution in [0, 0.1) is 0 Å². The normalized spacial score (nSPS) is 11.3. The van der Waals surface area contributed by atoms with E-state index >= 15 is 0 Å². The van der Waals surface area contributed by atoms with Gasteiger partial charge in [0.25, 0.3) is 0 Å². The lowest BCUT2D eigenvalue weighted by Crippen LogP contribution is -2.23. The predicted molar refractivity (Wildman–Crippen MR) is 53.6 cm³/mol. The van der Waals surface area contributed by atoms with E-state index in [1.54, 1.807) is 13.1 Å². The molecule has 1 aromatic rings. The number of carbonyl (C=O) groups excluding carboxylic acids is 1. The Bertz CT molecular complexity index is 387. The van der Waals surface area contributed by atoms with E-state index in [2.05, 4.69) is 0 Å². The first kappa shape index (κ1) is 12.5. The first-order valence-electron chi connectivity index (χ1n) is 4.68. The molecule has 0 N–H and O–H groups in total. The molecule has 1 amide bonds. The van der Waals surface area contributed by atoms with Crippen LogP contribution in [-0.4, -0.2) is 17.9 Å². The standard InChI is InChI=1S/C11H12F3NO/c1-8(16)15(2)7-9-4-3-5-10(6-9)11(12,13)14/h3-6H,7H2,1-2H3. The van der Waals surface area contributed by atoms with E-state index in [-0.39, 0.29) is 12.5 Å². The second-order valence-corrected chi connectivity index (χ2v) is 3.57. The predicted octanol–water partition coefficient (Wildman–Crippen LogP) is 2.68. The monoisotopic (exact) mass is 231 g/mol.